The summed E-state index contributed by atoms with van der Waals surface area (Å²) >= 11 is 6.31. The lowest BCUT2D eigenvalue weighted by atomic mass is 9.64. The van der Waals surface area contributed by atoms with E-state index in [2.05, 4.69) is 37.0 Å². The van der Waals surface area contributed by atoms with E-state index < -0.39 is 34.6 Å². The zero-order valence-electron chi connectivity index (χ0n) is 30.0. The fraction of sp³-hybridized carbons (Fsp3) is 0.419. The molecule has 4 unspecified atom stereocenters. The molecule has 7 rings (SSSR count). The summed E-state index contributed by atoms with van der Waals surface area (Å²) in [4.78, 5) is 16.7. The van der Waals surface area contributed by atoms with Crippen molar-refractivity contribution in [3.63, 3.8) is 0 Å². The average molecular weight is 734 g/mol. The quantitative estimate of drug-likeness (QED) is 0.139. The monoisotopic (exact) mass is 733 g/mol. The Kier molecular flexibility index (Phi) is 11.2. The third kappa shape index (κ3) is 8.10. The second-order valence-corrected chi connectivity index (χ2v) is 15.5. The molecule has 1 fully saturated rings. The molecule has 2 N–H and O–H groups in total. The van der Waals surface area contributed by atoms with Gasteiger partial charge in [-0.15, -0.1) is 0 Å². The number of carbonyl (C=O) groups excluding carboxylic acids is 1. The molecule has 52 heavy (non-hydrogen) atoms. The Bertz CT molecular complexity index is 1920. The maximum Gasteiger partial charge on any atom is 0.416 e. The second-order valence-electron chi connectivity index (χ2n) is 15.1. The first kappa shape index (κ1) is 38.0. The number of likely N-dealkylation sites (N-methyl/N-ethyl adjacent to an activating group) is 1. The van der Waals surface area contributed by atoms with Crippen LogP contribution in [0.3, 0.4) is 0 Å². The molecule has 4 atom stereocenters. The summed E-state index contributed by atoms with van der Waals surface area (Å²) < 4.78 is 46.6. The number of benzene rings is 3. The van der Waals surface area contributed by atoms with E-state index in [4.69, 9.17) is 16.0 Å². The average Bonchev–Trinajstić information content (AvgIpc) is 3.69. The lowest BCUT2D eigenvalue weighted by molar-refractivity contribution is -0.137. The zero-order valence-corrected chi connectivity index (χ0v) is 30.7. The molecule has 3 aliphatic rings. The van der Waals surface area contributed by atoms with Crippen LogP contribution in [0.25, 0.3) is 11.3 Å². The van der Waals surface area contributed by atoms with E-state index in [1.54, 1.807) is 0 Å². The SMILES string of the molecule is CC1=CCCC2(C)C(CCC2(O)CN(C)CCc2ccccc2)c2ccc(cc2C(=O)c2ccc(-c3cc(C(F)(F)F)ccc3Cl)o2)CC(O)CC1. The maximum absolute atomic E-state index is 14.5. The van der Waals surface area contributed by atoms with Crippen LogP contribution in [0.5, 0.6) is 0 Å². The van der Waals surface area contributed by atoms with E-state index >= 15 is 0 Å². The topological polar surface area (TPSA) is 73.9 Å². The minimum atomic E-state index is -4.58. The van der Waals surface area contributed by atoms with E-state index in [9.17, 15) is 28.2 Å². The van der Waals surface area contributed by atoms with Crippen LogP contribution in [0.1, 0.15) is 96.7 Å². The molecule has 5 nitrogen and oxygen atoms in total. The highest BCUT2D eigenvalue weighted by Gasteiger charge is 2.57. The highest BCUT2D eigenvalue weighted by atomic mass is 35.5. The van der Waals surface area contributed by atoms with Gasteiger partial charge < -0.3 is 19.5 Å². The fourth-order valence-electron chi connectivity index (χ4n) is 8.31. The zero-order chi connectivity index (χ0) is 37.3. The van der Waals surface area contributed by atoms with Crippen LogP contribution in [-0.2, 0) is 19.0 Å². The van der Waals surface area contributed by atoms with Crippen LogP contribution in [0, 0.1) is 5.41 Å². The predicted molar refractivity (Wildman–Crippen MR) is 199 cm³/mol. The van der Waals surface area contributed by atoms with E-state index in [1.807, 2.05) is 43.4 Å². The molecule has 0 radical (unpaired) electrons. The van der Waals surface area contributed by atoms with E-state index in [0.717, 1.165) is 49.1 Å². The van der Waals surface area contributed by atoms with Gasteiger partial charge in [-0.25, -0.2) is 0 Å². The largest absolute Gasteiger partial charge is 0.453 e. The van der Waals surface area contributed by atoms with Crippen molar-refractivity contribution in [3.8, 4) is 11.3 Å². The van der Waals surface area contributed by atoms with Crippen LogP contribution in [0.15, 0.2) is 94.9 Å². The summed E-state index contributed by atoms with van der Waals surface area (Å²) in [5.41, 5.74) is 1.94. The van der Waals surface area contributed by atoms with Crippen molar-refractivity contribution in [1.82, 2.24) is 4.90 Å². The van der Waals surface area contributed by atoms with Gasteiger partial charge in [0.1, 0.15) is 5.76 Å². The molecule has 1 saturated carbocycles. The highest BCUT2D eigenvalue weighted by Crippen LogP contribution is 2.59. The van der Waals surface area contributed by atoms with Gasteiger partial charge in [0, 0.05) is 29.6 Å². The number of carbonyl (C=O) groups is 1. The van der Waals surface area contributed by atoms with Crippen LogP contribution in [0.2, 0.25) is 5.02 Å². The summed E-state index contributed by atoms with van der Waals surface area (Å²) in [5.74, 6) is -0.573. The number of aliphatic hydroxyl groups is 2. The summed E-state index contributed by atoms with van der Waals surface area (Å²) in [6, 6.07) is 22.0. The van der Waals surface area contributed by atoms with Crippen molar-refractivity contribution in [3.05, 3.63) is 129 Å². The van der Waals surface area contributed by atoms with Gasteiger partial charge in [0.15, 0.2) is 5.76 Å². The summed E-state index contributed by atoms with van der Waals surface area (Å²) in [5, 5.41) is 23.7. The Morgan fingerprint density at radius 1 is 1.02 bits per heavy atom. The smallest absolute Gasteiger partial charge is 0.416 e. The molecule has 0 aliphatic heterocycles. The minimum Gasteiger partial charge on any atom is -0.453 e. The van der Waals surface area contributed by atoms with Crippen LogP contribution in [-0.4, -0.2) is 52.7 Å². The summed E-state index contributed by atoms with van der Waals surface area (Å²) in [7, 11) is 2.05. The fourth-order valence-corrected chi connectivity index (χ4v) is 8.53. The first-order chi connectivity index (χ1) is 24.7. The number of alkyl halides is 3. The summed E-state index contributed by atoms with van der Waals surface area (Å²) in [6.07, 6.45) is 2.21. The Hall–Kier alpha value is -3.69. The molecule has 0 saturated heterocycles. The number of hydrogen-bond acceptors (Lipinski definition) is 5. The first-order valence-electron chi connectivity index (χ1n) is 18.1. The molecule has 0 amide bonds. The van der Waals surface area contributed by atoms with Crippen molar-refractivity contribution >= 4 is 17.4 Å². The number of allylic oxidation sites excluding steroid dienone is 2. The van der Waals surface area contributed by atoms with Crippen molar-refractivity contribution in [2.24, 2.45) is 5.41 Å². The van der Waals surface area contributed by atoms with E-state index in [-0.39, 0.29) is 28.0 Å². The predicted octanol–water partition coefficient (Wildman–Crippen LogP) is 10.1. The number of aliphatic hydroxyl groups excluding tert-OH is 1. The molecular formula is C43H47ClF3NO4. The van der Waals surface area contributed by atoms with Crippen molar-refractivity contribution in [1.29, 1.82) is 0 Å². The van der Waals surface area contributed by atoms with Gasteiger partial charge in [0.05, 0.1) is 22.3 Å². The Morgan fingerprint density at radius 2 is 1.79 bits per heavy atom. The number of fused-ring (bicyclic) bond motifs is 8. The lowest BCUT2D eigenvalue weighted by Gasteiger charge is -2.45. The number of nitrogens with zero attached hydrogens (tertiary/aromatic N) is 1. The van der Waals surface area contributed by atoms with Crippen LogP contribution < -0.4 is 0 Å². The third-order valence-corrected chi connectivity index (χ3v) is 11.8. The molecular weight excluding hydrogens is 687 g/mol. The number of halogens is 4. The van der Waals surface area contributed by atoms with Gasteiger partial charge in [-0.3, -0.25) is 4.79 Å². The highest BCUT2D eigenvalue weighted by molar-refractivity contribution is 6.33. The first-order valence-corrected chi connectivity index (χ1v) is 18.5. The molecule has 9 heteroatoms. The van der Waals surface area contributed by atoms with Gasteiger partial charge in [-0.1, -0.05) is 72.6 Å². The Labute approximate surface area is 309 Å². The van der Waals surface area contributed by atoms with Crippen LogP contribution >= 0.6 is 11.6 Å². The molecule has 2 bridgehead atoms. The molecule has 4 aromatic rings. The molecule has 1 heterocycles. The number of ketones is 1. The lowest BCUT2D eigenvalue weighted by Crippen LogP contribution is -2.52. The van der Waals surface area contributed by atoms with Crippen molar-refractivity contribution in [2.75, 3.05) is 20.1 Å². The van der Waals surface area contributed by atoms with Crippen molar-refractivity contribution in [2.45, 2.75) is 89.0 Å². The van der Waals surface area contributed by atoms with Crippen LogP contribution in [0.4, 0.5) is 13.2 Å². The van der Waals surface area contributed by atoms with E-state index in [1.165, 1.54) is 29.3 Å². The molecule has 0 spiro atoms. The number of rotatable bonds is 8. The maximum atomic E-state index is 14.5. The second kappa shape index (κ2) is 15.3. The number of furan rings is 1. The van der Waals surface area contributed by atoms with Gasteiger partial charge in [0.25, 0.3) is 0 Å². The Balaban J connectivity index is 1.37. The molecule has 276 valence electrons. The van der Waals surface area contributed by atoms with Gasteiger partial charge in [0.2, 0.25) is 5.78 Å². The van der Waals surface area contributed by atoms with Crippen molar-refractivity contribution < 1.29 is 32.6 Å². The number of hydrogen-bond donors (Lipinski definition) is 2. The minimum absolute atomic E-state index is 0.0299. The van der Waals surface area contributed by atoms with E-state index in [0.29, 0.717) is 44.2 Å². The molecule has 3 aliphatic carbocycles. The van der Waals surface area contributed by atoms with Gasteiger partial charge >= 0.3 is 6.18 Å². The Morgan fingerprint density at radius 3 is 2.54 bits per heavy atom. The molecule has 1 aromatic heterocycles. The standard InChI is InChI=1S/C43H47ClF3NO4/c1-28-8-7-21-41(2)36(19-22-42(41,51)27-48(3)23-20-29-9-5-4-6-10-29)33-15-12-30(24-32(49)14-11-28)25-34(33)40(50)39-18-17-38(52-39)35-26-31(43(45,46)47)13-16-37(35)44/h4-6,8-10,12-13,15-18,25-26,32,36,49,51H,7,11,14,19-24,27H2,1-3H3. The third-order valence-electron chi connectivity index (χ3n) is 11.5. The van der Waals surface area contributed by atoms with Gasteiger partial charge in [-0.05, 0) is 124 Å². The molecule has 3 aromatic carbocycles. The van der Waals surface area contributed by atoms with Gasteiger partial charge in [-0.2, -0.15) is 13.2 Å². The normalized spacial score (nSPS) is 24.1. The summed E-state index contributed by atoms with van der Waals surface area (Å²) in [6.45, 7) is 5.49.